The lowest BCUT2D eigenvalue weighted by molar-refractivity contribution is -0.147. The Morgan fingerprint density at radius 3 is 2.71 bits per heavy atom. The smallest absolute Gasteiger partial charge is 0.328 e. The first-order valence-electron chi connectivity index (χ1n) is 7.56. The summed E-state index contributed by atoms with van der Waals surface area (Å²) in [5.74, 6) is -0.154. The molecule has 0 aliphatic carbocycles. The van der Waals surface area contributed by atoms with Crippen molar-refractivity contribution >= 4 is 17.3 Å². The maximum absolute atomic E-state index is 12.3. The number of esters is 1. The maximum atomic E-state index is 12.3. The van der Waals surface area contributed by atoms with Crippen LogP contribution in [0.1, 0.15) is 43.0 Å². The number of carbonyl (C=O) groups excluding carboxylic acids is 1. The van der Waals surface area contributed by atoms with Crippen molar-refractivity contribution < 1.29 is 9.53 Å². The minimum Gasteiger partial charge on any atom is -0.468 e. The van der Waals surface area contributed by atoms with E-state index < -0.39 is 0 Å². The largest absolute Gasteiger partial charge is 0.468 e. The second-order valence-corrected chi connectivity index (χ2v) is 7.63. The van der Waals surface area contributed by atoms with E-state index in [1.165, 1.54) is 12.0 Å². The number of nitrogens with zero attached hydrogens (tertiary/aromatic N) is 1. The molecule has 0 aromatic carbocycles. The Morgan fingerprint density at radius 2 is 2.10 bits per heavy atom. The van der Waals surface area contributed by atoms with Crippen molar-refractivity contribution in [2.75, 3.05) is 33.3 Å². The van der Waals surface area contributed by atoms with Crippen molar-refractivity contribution in [2.45, 2.75) is 38.6 Å². The van der Waals surface area contributed by atoms with Gasteiger partial charge >= 0.3 is 5.97 Å². The molecule has 1 aromatic rings. The predicted octanol–water partition coefficient (Wildman–Crippen LogP) is 2.56. The van der Waals surface area contributed by atoms with Crippen LogP contribution < -0.4 is 5.32 Å². The summed E-state index contributed by atoms with van der Waals surface area (Å²) in [5, 5.41) is 3.38. The minimum atomic E-state index is -0.268. The van der Waals surface area contributed by atoms with Crippen molar-refractivity contribution in [2.24, 2.45) is 0 Å². The number of thiophene rings is 1. The molecule has 5 heteroatoms. The molecule has 2 rings (SSSR count). The van der Waals surface area contributed by atoms with Crippen molar-refractivity contribution in [1.29, 1.82) is 0 Å². The molecule has 4 nitrogen and oxygen atoms in total. The molecule has 0 amide bonds. The van der Waals surface area contributed by atoms with Gasteiger partial charge in [-0.2, -0.15) is 0 Å². The van der Waals surface area contributed by atoms with E-state index >= 15 is 0 Å². The minimum absolute atomic E-state index is 0.115. The fraction of sp³-hybridized carbons (Fsp3) is 0.688. The van der Waals surface area contributed by atoms with Gasteiger partial charge in [-0.15, -0.1) is 11.3 Å². The zero-order valence-corrected chi connectivity index (χ0v) is 14.3. The van der Waals surface area contributed by atoms with E-state index in [-0.39, 0.29) is 17.4 Å². The van der Waals surface area contributed by atoms with E-state index in [0.717, 1.165) is 37.5 Å². The number of hydrogen-bond acceptors (Lipinski definition) is 5. The average Bonchev–Trinajstić information content (AvgIpc) is 2.76. The second kappa shape index (κ2) is 6.90. The number of nitrogens with one attached hydrogen (secondary N) is 1. The van der Waals surface area contributed by atoms with Crippen LogP contribution in [-0.2, 0) is 14.9 Å². The Labute approximate surface area is 131 Å². The third-order valence-electron chi connectivity index (χ3n) is 3.80. The summed E-state index contributed by atoms with van der Waals surface area (Å²) >= 11 is 1.73. The van der Waals surface area contributed by atoms with Crippen molar-refractivity contribution in [3.8, 4) is 0 Å². The number of hydrogen-bond donors (Lipinski definition) is 1. The van der Waals surface area contributed by atoms with Crippen LogP contribution in [0.25, 0.3) is 0 Å². The van der Waals surface area contributed by atoms with Gasteiger partial charge < -0.3 is 10.1 Å². The van der Waals surface area contributed by atoms with E-state index in [2.05, 4.69) is 43.1 Å². The summed E-state index contributed by atoms with van der Waals surface area (Å²) in [5.41, 5.74) is 0.115. The summed E-state index contributed by atoms with van der Waals surface area (Å²) in [4.78, 5) is 16.9. The normalized spacial score (nSPS) is 19.0. The van der Waals surface area contributed by atoms with E-state index in [9.17, 15) is 4.79 Å². The molecule has 2 heterocycles. The van der Waals surface area contributed by atoms with Crippen molar-refractivity contribution in [1.82, 2.24) is 10.2 Å². The summed E-state index contributed by atoms with van der Waals surface area (Å²) in [6.45, 7) is 10.3. The molecule has 118 valence electrons. The fourth-order valence-corrected chi connectivity index (χ4v) is 3.77. The zero-order valence-electron chi connectivity index (χ0n) is 13.4. The molecule has 0 spiro atoms. The molecule has 1 aliphatic rings. The molecule has 1 N–H and O–H groups in total. The maximum Gasteiger partial charge on any atom is 0.328 e. The van der Waals surface area contributed by atoms with E-state index in [4.69, 9.17) is 4.74 Å². The molecule has 1 atom stereocenters. The van der Waals surface area contributed by atoms with Gasteiger partial charge in [0, 0.05) is 29.4 Å². The van der Waals surface area contributed by atoms with Crippen LogP contribution >= 0.6 is 11.3 Å². The third kappa shape index (κ3) is 4.05. The Hall–Kier alpha value is -0.910. The molecule has 1 unspecified atom stereocenters. The number of carbonyl (C=O) groups is 1. The standard InChI is InChI=1S/C16H26N2O2S/c1-16(2,3)13-7-6-12(21-13)14(15(19)20-4)18-10-5-8-17-9-11-18/h6-7,14,17H,5,8-11H2,1-4H3. The predicted molar refractivity (Wildman–Crippen MR) is 86.8 cm³/mol. The van der Waals surface area contributed by atoms with Crippen LogP contribution in [0, 0.1) is 0 Å². The molecule has 0 radical (unpaired) electrons. The summed E-state index contributed by atoms with van der Waals surface area (Å²) in [6, 6.07) is 3.97. The first kappa shape index (κ1) is 16.5. The van der Waals surface area contributed by atoms with Crippen LogP contribution in [0.5, 0.6) is 0 Å². The number of ether oxygens (including phenoxy) is 1. The molecule has 1 aromatic heterocycles. The SMILES string of the molecule is COC(=O)C(c1ccc(C(C)(C)C)s1)N1CCCNCC1. The summed E-state index contributed by atoms with van der Waals surface area (Å²) < 4.78 is 5.06. The van der Waals surface area contributed by atoms with E-state index in [0.29, 0.717) is 0 Å². The highest BCUT2D eigenvalue weighted by Gasteiger charge is 2.31. The lowest BCUT2D eigenvalue weighted by Crippen LogP contribution is -2.36. The van der Waals surface area contributed by atoms with Gasteiger partial charge in [-0.25, -0.2) is 4.79 Å². The molecule has 0 bridgehead atoms. The Balaban J connectivity index is 2.27. The highest BCUT2D eigenvalue weighted by atomic mass is 32.1. The van der Waals surface area contributed by atoms with Gasteiger partial charge in [0.2, 0.25) is 0 Å². The molecule has 21 heavy (non-hydrogen) atoms. The quantitative estimate of drug-likeness (QED) is 0.871. The summed E-state index contributed by atoms with van der Waals surface area (Å²) in [6.07, 6.45) is 1.06. The molecule has 0 saturated carbocycles. The third-order valence-corrected chi connectivity index (χ3v) is 5.36. The van der Waals surface area contributed by atoms with Crippen LogP contribution in [0.2, 0.25) is 0 Å². The Kier molecular flexibility index (Phi) is 5.41. The molecule has 1 aliphatic heterocycles. The monoisotopic (exact) mass is 310 g/mol. The van der Waals surface area contributed by atoms with Crippen molar-refractivity contribution in [3.63, 3.8) is 0 Å². The number of rotatable bonds is 3. The Bertz CT molecular complexity index is 471. The van der Waals surface area contributed by atoms with E-state index in [1.54, 1.807) is 11.3 Å². The topological polar surface area (TPSA) is 41.6 Å². The average molecular weight is 310 g/mol. The van der Waals surface area contributed by atoms with E-state index in [1.807, 2.05) is 0 Å². The molecule has 1 fully saturated rings. The van der Waals surface area contributed by atoms with Gasteiger partial charge in [0.05, 0.1) is 7.11 Å². The van der Waals surface area contributed by atoms with Gasteiger partial charge in [0.15, 0.2) is 0 Å². The van der Waals surface area contributed by atoms with Crippen molar-refractivity contribution in [3.05, 3.63) is 21.9 Å². The lowest BCUT2D eigenvalue weighted by atomic mass is 9.95. The van der Waals surface area contributed by atoms with Gasteiger partial charge in [-0.05, 0) is 30.5 Å². The van der Waals surface area contributed by atoms with Gasteiger partial charge in [-0.1, -0.05) is 20.8 Å². The molecule has 1 saturated heterocycles. The van der Waals surface area contributed by atoms with Crippen LogP contribution in [0.15, 0.2) is 12.1 Å². The second-order valence-electron chi connectivity index (χ2n) is 6.52. The van der Waals surface area contributed by atoms with Gasteiger partial charge in [-0.3, -0.25) is 4.90 Å². The summed E-state index contributed by atoms with van der Waals surface area (Å²) in [7, 11) is 1.48. The molecular formula is C16H26N2O2S. The number of methoxy groups -OCH3 is 1. The fourth-order valence-electron chi connectivity index (χ4n) is 2.58. The van der Waals surface area contributed by atoms with Crippen LogP contribution in [0.4, 0.5) is 0 Å². The first-order valence-corrected chi connectivity index (χ1v) is 8.38. The van der Waals surface area contributed by atoms with Crippen LogP contribution in [-0.4, -0.2) is 44.2 Å². The zero-order chi connectivity index (χ0) is 15.5. The van der Waals surface area contributed by atoms with Gasteiger partial charge in [0.25, 0.3) is 0 Å². The lowest BCUT2D eigenvalue weighted by Gasteiger charge is -2.27. The van der Waals surface area contributed by atoms with Crippen LogP contribution in [0.3, 0.4) is 0 Å². The molecular weight excluding hydrogens is 284 g/mol. The first-order chi connectivity index (χ1) is 9.93. The highest BCUT2D eigenvalue weighted by molar-refractivity contribution is 7.12. The Morgan fingerprint density at radius 1 is 1.33 bits per heavy atom. The highest BCUT2D eigenvalue weighted by Crippen LogP contribution is 2.35. The van der Waals surface area contributed by atoms with Gasteiger partial charge in [0.1, 0.15) is 6.04 Å².